The summed E-state index contributed by atoms with van der Waals surface area (Å²) in [5.74, 6) is 0.800. The summed E-state index contributed by atoms with van der Waals surface area (Å²) in [5, 5.41) is 4.67. The van der Waals surface area contributed by atoms with E-state index in [2.05, 4.69) is 31.0 Å². The molecule has 0 atom stereocenters. The molecule has 116 valence electrons. The largest absolute Gasteiger partial charge is 0.330 e. The maximum atomic E-state index is 12.7. The maximum absolute atomic E-state index is 12.7. The molecule has 0 N–H and O–H groups in total. The number of benzene rings is 1. The number of halogens is 1. The Labute approximate surface area is 139 Å². The Morgan fingerprint density at radius 1 is 1.22 bits per heavy atom. The molecule has 3 aromatic heterocycles. The van der Waals surface area contributed by atoms with Crippen molar-refractivity contribution in [2.75, 3.05) is 0 Å². The van der Waals surface area contributed by atoms with Crippen molar-refractivity contribution in [1.29, 1.82) is 0 Å². The molecule has 0 saturated carbocycles. The van der Waals surface area contributed by atoms with Crippen LogP contribution in [0.2, 0.25) is 0 Å². The van der Waals surface area contributed by atoms with E-state index >= 15 is 0 Å². The fourth-order valence-corrected chi connectivity index (χ4v) is 3.32. The van der Waals surface area contributed by atoms with Gasteiger partial charge in [0.1, 0.15) is 22.1 Å². The average Bonchev–Trinajstić information content (AvgIpc) is 3.00. The van der Waals surface area contributed by atoms with E-state index in [1.807, 2.05) is 35.9 Å². The van der Waals surface area contributed by atoms with Crippen molar-refractivity contribution in [3.05, 3.63) is 51.4 Å². The Hall–Kier alpha value is -2.48. The number of aromatic nitrogens is 6. The molecule has 23 heavy (non-hydrogen) atoms. The molecule has 8 heteroatoms. The van der Waals surface area contributed by atoms with Gasteiger partial charge in [-0.05, 0) is 28.1 Å². The summed E-state index contributed by atoms with van der Waals surface area (Å²) in [4.78, 5) is 21.6. The van der Waals surface area contributed by atoms with Gasteiger partial charge in [0.05, 0.1) is 17.6 Å². The third kappa shape index (κ3) is 2.09. The molecule has 0 aliphatic heterocycles. The van der Waals surface area contributed by atoms with Gasteiger partial charge in [0.15, 0.2) is 5.65 Å². The minimum Gasteiger partial charge on any atom is -0.330 e. The van der Waals surface area contributed by atoms with Gasteiger partial charge in [-0.3, -0.25) is 9.36 Å². The van der Waals surface area contributed by atoms with Gasteiger partial charge < -0.3 is 4.57 Å². The van der Waals surface area contributed by atoms with Crippen molar-refractivity contribution < 1.29 is 0 Å². The van der Waals surface area contributed by atoms with Crippen LogP contribution in [0.1, 0.15) is 5.82 Å². The highest BCUT2D eigenvalue weighted by molar-refractivity contribution is 9.10. The zero-order valence-corrected chi connectivity index (χ0v) is 14.1. The molecule has 0 radical (unpaired) electrons. The zero-order valence-electron chi connectivity index (χ0n) is 12.6. The van der Waals surface area contributed by atoms with E-state index in [1.165, 1.54) is 6.33 Å². The number of imidazole rings is 1. The summed E-state index contributed by atoms with van der Waals surface area (Å²) >= 11 is 3.32. The number of hydrogen-bond acceptors (Lipinski definition) is 4. The summed E-state index contributed by atoms with van der Waals surface area (Å²) in [7, 11) is 3.71. The van der Waals surface area contributed by atoms with Gasteiger partial charge in [0.25, 0.3) is 5.56 Å². The molecular weight excluding hydrogens is 360 g/mol. The molecule has 0 aliphatic carbocycles. The second-order valence-corrected chi connectivity index (χ2v) is 6.12. The highest BCUT2D eigenvalue weighted by Crippen LogP contribution is 2.18. The zero-order chi connectivity index (χ0) is 16.1. The van der Waals surface area contributed by atoms with Crippen LogP contribution in [0, 0.1) is 0 Å². The molecule has 0 saturated heterocycles. The van der Waals surface area contributed by atoms with E-state index < -0.39 is 0 Å². The number of hydrogen-bond donors (Lipinski definition) is 0. The van der Waals surface area contributed by atoms with E-state index in [-0.39, 0.29) is 5.56 Å². The Balaban J connectivity index is 1.86. The predicted molar refractivity (Wildman–Crippen MR) is 90.3 cm³/mol. The van der Waals surface area contributed by atoms with Crippen molar-refractivity contribution in [2.24, 2.45) is 14.1 Å². The molecule has 0 fully saturated rings. The molecule has 4 rings (SSSR count). The summed E-state index contributed by atoms with van der Waals surface area (Å²) in [6, 6.07) is 7.89. The molecule has 0 spiro atoms. The van der Waals surface area contributed by atoms with Crippen LogP contribution in [0.15, 0.2) is 40.0 Å². The Bertz CT molecular complexity index is 1110. The second kappa shape index (κ2) is 5.02. The third-order valence-electron chi connectivity index (χ3n) is 3.96. The lowest BCUT2D eigenvalue weighted by Gasteiger charge is -2.06. The first-order valence-corrected chi connectivity index (χ1v) is 7.83. The summed E-state index contributed by atoms with van der Waals surface area (Å²) in [6.45, 7) is 0.355. The van der Waals surface area contributed by atoms with Gasteiger partial charge in [0, 0.05) is 14.1 Å². The van der Waals surface area contributed by atoms with Crippen LogP contribution < -0.4 is 5.56 Å². The molecule has 0 aliphatic rings. The Morgan fingerprint density at radius 3 is 2.78 bits per heavy atom. The van der Waals surface area contributed by atoms with E-state index in [4.69, 9.17) is 0 Å². The third-order valence-corrected chi connectivity index (χ3v) is 4.51. The SMILES string of the molecule is Cn1nc(Br)c2c(=O)n(Cc3nc4ccccc4n3C)cnc21. The minimum atomic E-state index is -0.137. The smallest absolute Gasteiger partial charge is 0.266 e. The fourth-order valence-electron chi connectivity index (χ4n) is 2.74. The summed E-state index contributed by atoms with van der Waals surface area (Å²) in [6.07, 6.45) is 1.54. The molecular formula is C15H13BrN6O. The van der Waals surface area contributed by atoms with Gasteiger partial charge in [-0.15, -0.1) is 0 Å². The van der Waals surface area contributed by atoms with E-state index in [0.29, 0.717) is 22.2 Å². The molecule has 4 aromatic rings. The standard InChI is InChI=1S/C15H13BrN6O/c1-20-10-6-4-3-5-9(10)18-11(20)7-22-8-17-14-12(15(22)23)13(16)19-21(14)2/h3-6,8H,7H2,1-2H3. The quantitative estimate of drug-likeness (QED) is 0.538. The van der Waals surface area contributed by atoms with Crippen LogP contribution in [-0.4, -0.2) is 28.9 Å². The number of fused-ring (bicyclic) bond motifs is 2. The monoisotopic (exact) mass is 372 g/mol. The Kier molecular flexibility index (Phi) is 3.08. The molecule has 3 heterocycles. The van der Waals surface area contributed by atoms with Crippen LogP contribution in [0.4, 0.5) is 0 Å². The van der Waals surface area contributed by atoms with Crippen LogP contribution in [0.3, 0.4) is 0 Å². The lowest BCUT2D eigenvalue weighted by atomic mass is 10.3. The number of rotatable bonds is 2. The fraction of sp³-hybridized carbons (Fsp3) is 0.200. The predicted octanol–water partition coefficient (Wildman–Crippen LogP) is 1.83. The number of aryl methyl sites for hydroxylation is 2. The lowest BCUT2D eigenvalue weighted by molar-refractivity contribution is 0.677. The normalized spacial score (nSPS) is 11.6. The van der Waals surface area contributed by atoms with Crippen molar-refractivity contribution in [3.63, 3.8) is 0 Å². The summed E-state index contributed by atoms with van der Waals surface area (Å²) < 4.78 is 5.63. The molecule has 0 unspecified atom stereocenters. The van der Waals surface area contributed by atoms with Gasteiger partial charge in [-0.1, -0.05) is 12.1 Å². The first kappa shape index (κ1) is 14.1. The maximum Gasteiger partial charge on any atom is 0.266 e. The average molecular weight is 373 g/mol. The van der Waals surface area contributed by atoms with E-state index in [1.54, 1.807) is 16.3 Å². The van der Waals surface area contributed by atoms with Gasteiger partial charge >= 0.3 is 0 Å². The molecule has 0 amide bonds. The highest BCUT2D eigenvalue weighted by Gasteiger charge is 2.15. The van der Waals surface area contributed by atoms with Crippen molar-refractivity contribution in [1.82, 2.24) is 28.9 Å². The van der Waals surface area contributed by atoms with Crippen LogP contribution in [-0.2, 0) is 20.6 Å². The van der Waals surface area contributed by atoms with Gasteiger partial charge in [-0.2, -0.15) is 5.10 Å². The molecule has 7 nitrogen and oxygen atoms in total. The number of nitrogens with zero attached hydrogens (tertiary/aromatic N) is 6. The van der Waals surface area contributed by atoms with Gasteiger partial charge in [0.2, 0.25) is 0 Å². The first-order chi connectivity index (χ1) is 11.1. The van der Waals surface area contributed by atoms with Crippen molar-refractivity contribution in [2.45, 2.75) is 6.54 Å². The van der Waals surface area contributed by atoms with Gasteiger partial charge in [-0.25, -0.2) is 14.6 Å². The van der Waals surface area contributed by atoms with Crippen molar-refractivity contribution >= 4 is 38.0 Å². The van der Waals surface area contributed by atoms with Crippen LogP contribution in [0.25, 0.3) is 22.1 Å². The lowest BCUT2D eigenvalue weighted by Crippen LogP contribution is -2.22. The molecule has 1 aromatic carbocycles. The highest BCUT2D eigenvalue weighted by atomic mass is 79.9. The van der Waals surface area contributed by atoms with E-state index in [9.17, 15) is 4.79 Å². The van der Waals surface area contributed by atoms with Crippen LogP contribution >= 0.6 is 15.9 Å². The Morgan fingerprint density at radius 2 is 2.00 bits per heavy atom. The number of para-hydroxylation sites is 2. The molecule has 0 bridgehead atoms. The first-order valence-electron chi connectivity index (χ1n) is 7.04. The van der Waals surface area contributed by atoms with Crippen molar-refractivity contribution in [3.8, 4) is 0 Å². The topological polar surface area (TPSA) is 70.5 Å². The summed E-state index contributed by atoms with van der Waals surface area (Å²) in [5.41, 5.74) is 2.37. The van der Waals surface area contributed by atoms with E-state index in [0.717, 1.165) is 16.9 Å². The van der Waals surface area contributed by atoms with Crippen LogP contribution in [0.5, 0.6) is 0 Å². The second-order valence-electron chi connectivity index (χ2n) is 5.37. The minimum absolute atomic E-state index is 0.137.